The van der Waals surface area contributed by atoms with Crippen molar-refractivity contribution in [2.75, 3.05) is 14.2 Å². The molecule has 0 spiro atoms. The van der Waals surface area contributed by atoms with E-state index in [4.69, 9.17) is 9.47 Å². The highest BCUT2D eigenvalue weighted by Crippen LogP contribution is 2.34. The topological polar surface area (TPSA) is 61.9 Å². The number of methoxy groups -OCH3 is 2. The van der Waals surface area contributed by atoms with Crippen molar-refractivity contribution in [1.82, 2.24) is 8.97 Å². The van der Waals surface area contributed by atoms with E-state index in [1.165, 1.54) is 14.2 Å². The van der Waals surface area contributed by atoms with Crippen LogP contribution >= 0.6 is 0 Å². The third-order valence-corrected chi connectivity index (χ3v) is 4.42. The summed E-state index contributed by atoms with van der Waals surface area (Å²) in [6.07, 6.45) is 3.51. The molecule has 1 aromatic carbocycles. The van der Waals surface area contributed by atoms with Crippen molar-refractivity contribution < 1.29 is 19.1 Å². The van der Waals surface area contributed by atoms with Gasteiger partial charge in [-0.3, -0.25) is 4.40 Å². The number of fused-ring (bicyclic) bond motifs is 1. The van der Waals surface area contributed by atoms with Gasteiger partial charge in [-0.25, -0.2) is 9.59 Å². The Bertz CT molecular complexity index is 1020. The number of rotatable bonds is 4. The quantitative estimate of drug-likeness (QED) is 0.677. The van der Waals surface area contributed by atoms with Crippen LogP contribution in [-0.4, -0.2) is 35.1 Å². The van der Waals surface area contributed by atoms with Crippen LogP contribution in [0.15, 0.2) is 43.2 Å². The maximum absolute atomic E-state index is 12.6. The molecule has 134 valence electrons. The minimum atomic E-state index is -0.616. The van der Waals surface area contributed by atoms with Gasteiger partial charge in [-0.2, -0.15) is 0 Å². The number of benzene rings is 1. The predicted molar refractivity (Wildman–Crippen MR) is 98.4 cm³/mol. The van der Waals surface area contributed by atoms with Gasteiger partial charge in [0.1, 0.15) is 16.9 Å². The highest BCUT2D eigenvalue weighted by Gasteiger charge is 2.32. The van der Waals surface area contributed by atoms with Crippen LogP contribution in [0.2, 0.25) is 0 Å². The van der Waals surface area contributed by atoms with E-state index in [-0.39, 0.29) is 11.3 Å². The number of carbonyl (C=O) groups excluding carboxylic acids is 2. The summed E-state index contributed by atoms with van der Waals surface area (Å²) in [6, 6.07) is 7.81. The minimum Gasteiger partial charge on any atom is -0.465 e. The molecule has 0 unspecified atom stereocenters. The Balaban J connectivity index is 2.37. The standard InChI is InChI=1S/C20H20N2O4/c1-12-6-8-14(9-7-12)13(2)15-16(19(23)25-4)17(20(24)26-5)22-11-10-21(3)18(15)22/h6-11H,2H2,1,3-5H3. The van der Waals surface area contributed by atoms with Gasteiger partial charge in [-0.1, -0.05) is 36.4 Å². The van der Waals surface area contributed by atoms with Crippen molar-refractivity contribution in [2.24, 2.45) is 7.05 Å². The summed E-state index contributed by atoms with van der Waals surface area (Å²) in [7, 11) is 4.40. The van der Waals surface area contributed by atoms with E-state index in [0.717, 1.165) is 11.1 Å². The van der Waals surface area contributed by atoms with E-state index in [9.17, 15) is 9.59 Å². The molecule has 0 aliphatic rings. The molecule has 26 heavy (non-hydrogen) atoms. The smallest absolute Gasteiger partial charge is 0.356 e. The summed E-state index contributed by atoms with van der Waals surface area (Å²) < 4.78 is 13.3. The number of carbonyl (C=O) groups is 2. The van der Waals surface area contributed by atoms with E-state index >= 15 is 0 Å². The lowest BCUT2D eigenvalue weighted by Gasteiger charge is -2.09. The number of ether oxygens (including phenoxy) is 2. The zero-order valence-corrected chi connectivity index (χ0v) is 15.2. The summed E-state index contributed by atoms with van der Waals surface area (Å²) in [5, 5.41) is 0. The lowest BCUT2D eigenvalue weighted by atomic mass is 9.96. The Morgan fingerprint density at radius 1 is 0.962 bits per heavy atom. The molecule has 0 bridgehead atoms. The van der Waals surface area contributed by atoms with Crippen LogP contribution in [0, 0.1) is 6.92 Å². The molecule has 0 atom stereocenters. The molecule has 2 heterocycles. The van der Waals surface area contributed by atoms with E-state index in [2.05, 4.69) is 6.58 Å². The second-order valence-electron chi connectivity index (χ2n) is 6.03. The zero-order chi connectivity index (χ0) is 19.0. The largest absolute Gasteiger partial charge is 0.465 e. The van der Waals surface area contributed by atoms with Gasteiger partial charge in [-0.15, -0.1) is 0 Å². The Kier molecular flexibility index (Phi) is 4.42. The van der Waals surface area contributed by atoms with Crippen molar-refractivity contribution in [1.29, 1.82) is 0 Å². The summed E-state index contributed by atoms with van der Waals surface area (Å²) in [6.45, 7) is 6.18. The number of esters is 2. The first-order valence-corrected chi connectivity index (χ1v) is 8.03. The fourth-order valence-electron chi connectivity index (χ4n) is 3.09. The average Bonchev–Trinajstić information content (AvgIpc) is 3.18. The van der Waals surface area contributed by atoms with Gasteiger partial charge in [0, 0.05) is 25.0 Å². The monoisotopic (exact) mass is 352 g/mol. The van der Waals surface area contributed by atoms with E-state index < -0.39 is 11.9 Å². The summed E-state index contributed by atoms with van der Waals surface area (Å²) in [5.74, 6) is -1.23. The number of imidazole rings is 1. The van der Waals surface area contributed by atoms with Gasteiger partial charge in [0.2, 0.25) is 0 Å². The van der Waals surface area contributed by atoms with Crippen LogP contribution in [0.3, 0.4) is 0 Å². The molecule has 6 nitrogen and oxygen atoms in total. The zero-order valence-electron chi connectivity index (χ0n) is 15.2. The van der Waals surface area contributed by atoms with Crippen molar-refractivity contribution in [3.8, 4) is 0 Å². The van der Waals surface area contributed by atoms with Crippen molar-refractivity contribution in [2.45, 2.75) is 6.92 Å². The normalized spacial score (nSPS) is 10.8. The summed E-state index contributed by atoms with van der Waals surface area (Å²) in [5.41, 5.74) is 4.08. The predicted octanol–water partition coefficient (Wildman–Crippen LogP) is 3.22. The molecule has 0 aliphatic carbocycles. The molecule has 0 fully saturated rings. The minimum absolute atomic E-state index is 0.123. The van der Waals surface area contributed by atoms with Gasteiger partial charge >= 0.3 is 11.9 Å². The number of aryl methyl sites for hydroxylation is 2. The van der Waals surface area contributed by atoms with Crippen LogP contribution in [-0.2, 0) is 16.5 Å². The van der Waals surface area contributed by atoms with Crippen molar-refractivity contribution in [3.63, 3.8) is 0 Å². The number of hydrogen-bond acceptors (Lipinski definition) is 4. The number of nitrogens with zero attached hydrogens (tertiary/aromatic N) is 2. The third-order valence-electron chi connectivity index (χ3n) is 4.42. The SMILES string of the molecule is C=C(c1ccc(C)cc1)c1c(C(=O)OC)c(C(=O)OC)n2ccn(C)c12. The van der Waals surface area contributed by atoms with Gasteiger partial charge in [-0.05, 0) is 18.1 Å². The fraction of sp³-hybridized carbons (Fsp3) is 0.200. The molecule has 0 aliphatic heterocycles. The Morgan fingerprint density at radius 2 is 1.58 bits per heavy atom. The fourth-order valence-corrected chi connectivity index (χ4v) is 3.09. The van der Waals surface area contributed by atoms with Crippen LogP contribution in [0.5, 0.6) is 0 Å². The van der Waals surface area contributed by atoms with Gasteiger partial charge in [0.15, 0.2) is 0 Å². The van der Waals surface area contributed by atoms with Gasteiger partial charge in [0.25, 0.3) is 0 Å². The van der Waals surface area contributed by atoms with Crippen LogP contribution < -0.4 is 0 Å². The molecule has 0 N–H and O–H groups in total. The van der Waals surface area contributed by atoms with Crippen molar-refractivity contribution in [3.05, 3.63) is 71.2 Å². The Morgan fingerprint density at radius 3 is 2.15 bits per heavy atom. The van der Waals surface area contributed by atoms with Gasteiger partial charge in [0.05, 0.1) is 14.2 Å². The summed E-state index contributed by atoms with van der Waals surface area (Å²) in [4.78, 5) is 25.0. The van der Waals surface area contributed by atoms with E-state index in [1.807, 2.05) is 42.8 Å². The Hall–Kier alpha value is -3.28. The third kappa shape index (κ3) is 2.60. The molecule has 0 amide bonds. The van der Waals surface area contributed by atoms with Crippen molar-refractivity contribution >= 4 is 23.2 Å². The van der Waals surface area contributed by atoms with E-state index in [1.54, 1.807) is 16.8 Å². The molecule has 0 saturated carbocycles. The second kappa shape index (κ2) is 6.55. The number of hydrogen-bond donors (Lipinski definition) is 0. The molecule has 0 saturated heterocycles. The first kappa shape index (κ1) is 17.5. The van der Waals surface area contributed by atoms with Gasteiger partial charge < -0.3 is 14.0 Å². The molecular weight excluding hydrogens is 332 g/mol. The molecule has 0 radical (unpaired) electrons. The van der Waals surface area contributed by atoms with Crippen LogP contribution in [0.4, 0.5) is 0 Å². The molecule has 3 rings (SSSR count). The lowest BCUT2D eigenvalue weighted by molar-refractivity contribution is 0.0550. The maximum atomic E-state index is 12.6. The Labute approximate surface area is 151 Å². The molecule has 6 heteroatoms. The molecule has 3 aromatic rings. The average molecular weight is 352 g/mol. The highest BCUT2D eigenvalue weighted by molar-refractivity contribution is 6.10. The number of aromatic nitrogens is 2. The first-order chi connectivity index (χ1) is 12.4. The molecule has 2 aromatic heterocycles. The van der Waals surface area contributed by atoms with Crippen LogP contribution in [0.25, 0.3) is 11.2 Å². The second-order valence-corrected chi connectivity index (χ2v) is 6.03. The maximum Gasteiger partial charge on any atom is 0.356 e. The first-order valence-electron chi connectivity index (χ1n) is 8.03. The van der Waals surface area contributed by atoms with Crippen LogP contribution in [0.1, 0.15) is 37.5 Å². The highest BCUT2D eigenvalue weighted by atomic mass is 16.5. The van der Waals surface area contributed by atoms with E-state index in [0.29, 0.717) is 16.8 Å². The summed E-state index contributed by atoms with van der Waals surface area (Å²) >= 11 is 0. The molecular formula is C20H20N2O4. The lowest BCUT2D eigenvalue weighted by Crippen LogP contribution is -2.13.